The number of rotatable bonds is 4. The maximum Gasteiger partial charge on any atom is 0.263 e. The van der Waals surface area contributed by atoms with Crippen molar-refractivity contribution < 1.29 is 17.9 Å². The fourth-order valence-electron chi connectivity index (χ4n) is 2.65. The SMILES string of the molecule is CCc1nnc(NS(=O)(=O)c2ccc3c(c2)N(C(C)=O)CC(C)(C)O3)s1. The molecule has 0 radical (unpaired) electrons. The number of carbonyl (C=O) groups is 1. The van der Waals surface area contributed by atoms with E-state index in [1.165, 1.54) is 35.3 Å². The molecular weight excluding hydrogens is 376 g/mol. The molecule has 2 heterocycles. The van der Waals surface area contributed by atoms with Gasteiger partial charge in [-0.1, -0.05) is 18.3 Å². The number of aryl methyl sites for hydroxylation is 1. The molecule has 1 N–H and O–H groups in total. The predicted octanol–water partition coefficient (Wildman–Crippen LogP) is 2.43. The molecule has 0 saturated carbocycles. The monoisotopic (exact) mass is 396 g/mol. The van der Waals surface area contributed by atoms with Crippen molar-refractivity contribution in [3.8, 4) is 5.75 Å². The van der Waals surface area contributed by atoms with Gasteiger partial charge in [0.05, 0.1) is 17.1 Å². The number of nitrogens with zero attached hydrogens (tertiary/aromatic N) is 3. The lowest BCUT2D eigenvalue weighted by atomic mass is 10.1. The van der Waals surface area contributed by atoms with Gasteiger partial charge in [0, 0.05) is 6.92 Å². The van der Waals surface area contributed by atoms with E-state index in [2.05, 4.69) is 14.9 Å². The largest absolute Gasteiger partial charge is 0.484 e. The van der Waals surface area contributed by atoms with Crippen LogP contribution in [0.3, 0.4) is 0 Å². The fraction of sp³-hybridized carbons (Fsp3) is 0.438. The third-order valence-corrected chi connectivity index (χ3v) is 6.28. The molecule has 10 heteroatoms. The number of amides is 1. The number of nitrogens with one attached hydrogen (secondary N) is 1. The highest BCUT2D eigenvalue weighted by molar-refractivity contribution is 7.93. The Morgan fingerprint density at radius 1 is 1.38 bits per heavy atom. The number of hydrogen-bond acceptors (Lipinski definition) is 7. The van der Waals surface area contributed by atoms with E-state index in [1.54, 1.807) is 6.07 Å². The van der Waals surface area contributed by atoms with Gasteiger partial charge in [-0.2, -0.15) is 0 Å². The molecule has 3 rings (SSSR count). The number of hydrogen-bond donors (Lipinski definition) is 1. The average Bonchev–Trinajstić information content (AvgIpc) is 2.99. The Hall–Kier alpha value is -2.20. The van der Waals surface area contributed by atoms with Gasteiger partial charge in [0.15, 0.2) is 0 Å². The summed E-state index contributed by atoms with van der Waals surface area (Å²) < 4.78 is 33.6. The summed E-state index contributed by atoms with van der Waals surface area (Å²) >= 11 is 1.19. The Bertz CT molecular complexity index is 953. The highest BCUT2D eigenvalue weighted by Crippen LogP contribution is 2.38. The molecule has 1 aromatic heterocycles. The van der Waals surface area contributed by atoms with Crippen LogP contribution in [0.25, 0.3) is 0 Å². The normalized spacial score (nSPS) is 15.9. The summed E-state index contributed by atoms with van der Waals surface area (Å²) in [4.78, 5) is 13.6. The molecule has 0 atom stereocenters. The summed E-state index contributed by atoms with van der Waals surface area (Å²) in [7, 11) is -3.86. The van der Waals surface area contributed by atoms with Crippen LogP contribution in [0.2, 0.25) is 0 Å². The number of carbonyl (C=O) groups excluding carboxylic acids is 1. The second-order valence-corrected chi connectivity index (χ2v) is 9.30. The standard InChI is InChI=1S/C16H20N4O4S2/c1-5-14-17-18-15(25-14)19-26(22,23)11-6-7-13-12(8-11)20(10(2)21)9-16(3,4)24-13/h6-8H,5,9H2,1-4H3,(H,18,19). The smallest absolute Gasteiger partial charge is 0.263 e. The van der Waals surface area contributed by atoms with E-state index in [4.69, 9.17) is 4.74 Å². The number of fused-ring (bicyclic) bond motifs is 1. The van der Waals surface area contributed by atoms with Crippen LogP contribution in [-0.2, 0) is 21.2 Å². The van der Waals surface area contributed by atoms with Crippen LogP contribution in [0.5, 0.6) is 5.75 Å². The number of anilines is 2. The van der Waals surface area contributed by atoms with Crippen molar-refractivity contribution in [2.24, 2.45) is 0 Å². The average molecular weight is 396 g/mol. The molecule has 1 aliphatic rings. The van der Waals surface area contributed by atoms with E-state index in [0.29, 0.717) is 24.4 Å². The third kappa shape index (κ3) is 3.65. The highest BCUT2D eigenvalue weighted by Gasteiger charge is 2.34. The number of ether oxygens (including phenoxy) is 1. The second-order valence-electron chi connectivity index (χ2n) is 6.56. The van der Waals surface area contributed by atoms with Gasteiger partial charge in [-0.15, -0.1) is 10.2 Å². The first-order chi connectivity index (χ1) is 12.1. The van der Waals surface area contributed by atoms with E-state index >= 15 is 0 Å². The van der Waals surface area contributed by atoms with Gasteiger partial charge in [-0.3, -0.25) is 9.52 Å². The number of sulfonamides is 1. The lowest BCUT2D eigenvalue weighted by Crippen LogP contribution is -2.48. The maximum absolute atomic E-state index is 12.7. The minimum Gasteiger partial charge on any atom is -0.484 e. The van der Waals surface area contributed by atoms with Gasteiger partial charge in [0.1, 0.15) is 16.4 Å². The van der Waals surface area contributed by atoms with Crippen LogP contribution in [0.15, 0.2) is 23.1 Å². The molecule has 1 aromatic carbocycles. The first kappa shape index (κ1) is 18.6. The zero-order valence-electron chi connectivity index (χ0n) is 14.9. The minimum atomic E-state index is -3.86. The second kappa shape index (κ2) is 6.51. The lowest BCUT2D eigenvalue weighted by Gasteiger charge is -2.39. The summed E-state index contributed by atoms with van der Waals surface area (Å²) in [5.41, 5.74) is -0.119. The molecule has 1 amide bonds. The van der Waals surface area contributed by atoms with E-state index in [9.17, 15) is 13.2 Å². The van der Waals surface area contributed by atoms with Gasteiger partial charge in [0.2, 0.25) is 11.0 Å². The van der Waals surface area contributed by atoms with Crippen molar-refractivity contribution in [1.82, 2.24) is 10.2 Å². The van der Waals surface area contributed by atoms with Crippen molar-refractivity contribution in [3.63, 3.8) is 0 Å². The molecule has 2 aromatic rings. The number of benzene rings is 1. The van der Waals surface area contributed by atoms with Crippen molar-refractivity contribution in [3.05, 3.63) is 23.2 Å². The van der Waals surface area contributed by atoms with Crippen LogP contribution in [0.4, 0.5) is 10.8 Å². The quantitative estimate of drug-likeness (QED) is 0.852. The molecule has 0 spiro atoms. The Morgan fingerprint density at radius 3 is 2.73 bits per heavy atom. The van der Waals surface area contributed by atoms with Gasteiger partial charge >= 0.3 is 0 Å². The summed E-state index contributed by atoms with van der Waals surface area (Å²) in [6.45, 7) is 7.44. The molecule has 140 valence electrons. The van der Waals surface area contributed by atoms with Crippen LogP contribution in [0.1, 0.15) is 32.7 Å². The summed E-state index contributed by atoms with van der Waals surface area (Å²) in [5.74, 6) is 0.293. The van der Waals surface area contributed by atoms with E-state index in [1.807, 2.05) is 20.8 Å². The molecule has 8 nitrogen and oxygen atoms in total. The van der Waals surface area contributed by atoms with Crippen molar-refractivity contribution in [2.45, 2.75) is 44.6 Å². The topological polar surface area (TPSA) is 101 Å². The lowest BCUT2D eigenvalue weighted by molar-refractivity contribution is -0.117. The Kier molecular flexibility index (Phi) is 4.65. The summed E-state index contributed by atoms with van der Waals surface area (Å²) in [5, 5.41) is 8.69. The predicted molar refractivity (Wildman–Crippen MR) is 99.3 cm³/mol. The van der Waals surface area contributed by atoms with Crippen LogP contribution < -0.4 is 14.4 Å². The zero-order valence-corrected chi connectivity index (χ0v) is 16.6. The van der Waals surface area contributed by atoms with Crippen LogP contribution in [0, 0.1) is 0 Å². The molecule has 0 fully saturated rings. The van der Waals surface area contributed by atoms with Crippen molar-refractivity contribution >= 4 is 38.1 Å². The fourth-order valence-corrected chi connectivity index (χ4v) is 4.58. The highest BCUT2D eigenvalue weighted by atomic mass is 32.2. The molecule has 0 bridgehead atoms. The van der Waals surface area contributed by atoms with Gasteiger partial charge in [0.25, 0.3) is 10.0 Å². The first-order valence-electron chi connectivity index (χ1n) is 8.08. The molecule has 26 heavy (non-hydrogen) atoms. The third-order valence-electron chi connectivity index (χ3n) is 3.83. The van der Waals surface area contributed by atoms with Gasteiger partial charge < -0.3 is 9.64 Å². The maximum atomic E-state index is 12.7. The Labute approximate surface area is 156 Å². The molecule has 0 saturated heterocycles. The Balaban J connectivity index is 1.97. The molecular formula is C16H20N4O4S2. The molecule has 0 aliphatic carbocycles. The summed E-state index contributed by atoms with van der Waals surface area (Å²) in [6, 6.07) is 4.46. The van der Waals surface area contributed by atoms with Gasteiger partial charge in [-0.25, -0.2) is 8.42 Å². The zero-order chi connectivity index (χ0) is 19.1. The van der Waals surface area contributed by atoms with E-state index < -0.39 is 15.6 Å². The molecule has 0 unspecified atom stereocenters. The minimum absolute atomic E-state index is 0.0269. The van der Waals surface area contributed by atoms with E-state index in [0.717, 1.165) is 5.01 Å². The van der Waals surface area contributed by atoms with Crippen LogP contribution >= 0.6 is 11.3 Å². The van der Waals surface area contributed by atoms with Crippen LogP contribution in [-0.4, -0.2) is 36.7 Å². The van der Waals surface area contributed by atoms with E-state index in [-0.39, 0.29) is 15.9 Å². The number of aromatic nitrogens is 2. The van der Waals surface area contributed by atoms with Crippen molar-refractivity contribution in [1.29, 1.82) is 0 Å². The Morgan fingerprint density at radius 2 is 2.12 bits per heavy atom. The first-order valence-corrected chi connectivity index (χ1v) is 10.4. The summed E-state index contributed by atoms with van der Waals surface area (Å²) in [6.07, 6.45) is 0.679. The van der Waals surface area contributed by atoms with Crippen molar-refractivity contribution in [2.75, 3.05) is 16.2 Å². The van der Waals surface area contributed by atoms with Gasteiger partial charge in [-0.05, 0) is 38.5 Å². The molecule has 1 aliphatic heterocycles.